The monoisotopic (exact) mass is 261 g/mol. The molecular formula is C11H23N3O2S. The molecule has 0 fully saturated rings. The van der Waals surface area contributed by atoms with Crippen molar-refractivity contribution in [2.75, 3.05) is 26.2 Å². The van der Waals surface area contributed by atoms with Gasteiger partial charge in [-0.1, -0.05) is 25.5 Å². The van der Waals surface area contributed by atoms with E-state index in [0.717, 1.165) is 25.9 Å². The Balaban J connectivity index is 2.22. The summed E-state index contributed by atoms with van der Waals surface area (Å²) in [4.78, 5) is 0. The zero-order valence-electron chi connectivity index (χ0n) is 10.6. The van der Waals surface area contributed by atoms with Crippen LogP contribution in [0.15, 0.2) is 11.6 Å². The molecule has 0 aliphatic carbocycles. The van der Waals surface area contributed by atoms with E-state index < -0.39 is 10.2 Å². The van der Waals surface area contributed by atoms with Crippen LogP contribution in [0, 0.1) is 5.92 Å². The van der Waals surface area contributed by atoms with Crippen molar-refractivity contribution in [3.63, 3.8) is 0 Å². The fourth-order valence-electron chi connectivity index (χ4n) is 1.57. The Morgan fingerprint density at radius 3 is 2.76 bits per heavy atom. The zero-order valence-corrected chi connectivity index (χ0v) is 11.4. The van der Waals surface area contributed by atoms with Crippen molar-refractivity contribution in [1.82, 2.24) is 14.8 Å². The van der Waals surface area contributed by atoms with E-state index in [9.17, 15) is 8.42 Å². The predicted molar refractivity (Wildman–Crippen MR) is 69.9 cm³/mol. The lowest BCUT2D eigenvalue weighted by Gasteiger charge is -2.14. The molecule has 100 valence electrons. The molecule has 1 aliphatic heterocycles. The third-order valence-electron chi connectivity index (χ3n) is 2.58. The highest BCUT2D eigenvalue weighted by Crippen LogP contribution is 2.07. The molecule has 0 atom stereocenters. The SMILES string of the molecule is CC(C)CNS(=O)(=O)NCCC1=CCNCC1. The van der Waals surface area contributed by atoms with Gasteiger partial charge in [-0.25, -0.2) is 9.44 Å². The zero-order chi connectivity index (χ0) is 12.7. The minimum absolute atomic E-state index is 0.318. The number of hydrogen-bond donors (Lipinski definition) is 3. The van der Waals surface area contributed by atoms with Crippen molar-refractivity contribution in [1.29, 1.82) is 0 Å². The summed E-state index contributed by atoms with van der Waals surface area (Å²) in [6.07, 6.45) is 3.95. The van der Waals surface area contributed by atoms with Gasteiger partial charge < -0.3 is 5.32 Å². The van der Waals surface area contributed by atoms with Crippen LogP contribution in [0.1, 0.15) is 26.7 Å². The first-order valence-electron chi connectivity index (χ1n) is 6.12. The Labute approximate surface area is 104 Å². The molecule has 0 saturated heterocycles. The Bertz CT molecular complexity index is 350. The lowest BCUT2D eigenvalue weighted by molar-refractivity contribution is 0.546. The second-order valence-corrected chi connectivity index (χ2v) is 6.29. The average molecular weight is 261 g/mol. The van der Waals surface area contributed by atoms with E-state index in [4.69, 9.17) is 0 Å². The van der Waals surface area contributed by atoms with Crippen LogP contribution in [-0.2, 0) is 10.2 Å². The first-order valence-corrected chi connectivity index (χ1v) is 7.61. The van der Waals surface area contributed by atoms with E-state index in [1.54, 1.807) is 0 Å². The largest absolute Gasteiger partial charge is 0.313 e. The van der Waals surface area contributed by atoms with Crippen LogP contribution in [0.25, 0.3) is 0 Å². The maximum Gasteiger partial charge on any atom is 0.276 e. The minimum Gasteiger partial charge on any atom is -0.313 e. The lowest BCUT2D eigenvalue weighted by atomic mass is 10.1. The normalized spacial score (nSPS) is 17.2. The summed E-state index contributed by atoms with van der Waals surface area (Å²) in [6, 6.07) is 0. The molecule has 0 aromatic carbocycles. The first-order chi connectivity index (χ1) is 7.99. The first kappa shape index (κ1) is 14.6. The molecular weight excluding hydrogens is 238 g/mol. The van der Waals surface area contributed by atoms with Gasteiger partial charge in [0.05, 0.1) is 0 Å². The quantitative estimate of drug-likeness (QED) is 0.580. The standard InChI is InChI=1S/C11H23N3O2S/c1-10(2)9-14-17(15,16)13-8-5-11-3-6-12-7-4-11/h3,10,12-14H,4-9H2,1-2H3. The lowest BCUT2D eigenvalue weighted by Crippen LogP contribution is -2.39. The summed E-state index contributed by atoms with van der Waals surface area (Å²) < 4.78 is 28.1. The van der Waals surface area contributed by atoms with Gasteiger partial charge in [-0.2, -0.15) is 8.42 Å². The predicted octanol–water partition coefficient (Wildman–Crippen LogP) is 0.376. The number of nitrogens with one attached hydrogen (secondary N) is 3. The van der Waals surface area contributed by atoms with Crippen LogP contribution in [0.5, 0.6) is 0 Å². The van der Waals surface area contributed by atoms with Gasteiger partial charge >= 0.3 is 0 Å². The molecule has 0 unspecified atom stereocenters. The molecule has 1 heterocycles. The molecule has 0 amide bonds. The highest BCUT2D eigenvalue weighted by Gasteiger charge is 2.10. The summed E-state index contributed by atoms with van der Waals surface area (Å²) in [5, 5.41) is 3.23. The summed E-state index contributed by atoms with van der Waals surface area (Å²) in [7, 11) is -3.32. The molecule has 17 heavy (non-hydrogen) atoms. The molecule has 1 aliphatic rings. The summed E-state index contributed by atoms with van der Waals surface area (Å²) >= 11 is 0. The van der Waals surface area contributed by atoms with Crippen molar-refractivity contribution in [3.05, 3.63) is 11.6 Å². The maximum atomic E-state index is 11.5. The van der Waals surface area contributed by atoms with Gasteiger partial charge in [0.25, 0.3) is 10.2 Å². The van der Waals surface area contributed by atoms with Gasteiger partial charge in [-0.15, -0.1) is 0 Å². The fourth-order valence-corrected chi connectivity index (χ4v) is 2.60. The second kappa shape index (κ2) is 7.10. The highest BCUT2D eigenvalue weighted by atomic mass is 32.2. The molecule has 0 bridgehead atoms. The van der Waals surface area contributed by atoms with Gasteiger partial charge in [-0.05, 0) is 25.3 Å². The van der Waals surface area contributed by atoms with E-state index in [1.165, 1.54) is 5.57 Å². The minimum atomic E-state index is -3.32. The van der Waals surface area contributed by atoms with Crippen molar-refractivity contribution in [2.24, 2.45) is 5.92 Å². The van der Waals surface area contributed by atoms with Crippen LogP contribution in [0.3, 0.4) is 0 Å². The molecule has 0 saturated carbocycles. The van der Waals surface area contributed by atoms with E-state index >= 15 is 0 Å². The summed E-state index contributed by atoms with van der Waals surface area (Å²) in [5.41, 5.74) is 1.33. The van der Waals surface area contributed by atoms with Crippen molar-refractivity contribution < 1.29 is 8.42 Å². The van der Waals surface area contributed by atoms with Crippen LogP contribution >= 0.6 is 0 Å². The molecule has 0 aromatic heterocycles. The summed E-state index contributed by atoms with van der Waals surface area (Å²) in [5.74, 6) is 0.318. The topological polar surface area (TPSA) is 70.2 Å². The van der Waals surface area contributed by atoms with E-state index in [-0.39, 0.29) is 0 Å². The van der Waals surface area contributed by atoms with E-state index in [0.29, 0.717) is 19.0 Å². The Hall–Kier alpha value is -0.430. The van der Waals surface area contributed by atoms with Crippen LogP contribution in [-0.4, -0.2) is 34.6 Å². The fraction of sp³-hybridized carbons (Fsp3) is 0.818. The van der Waals surface area contributed by atoms with E-state index in [2.05, 4.69) is 20.8 Å². The number of rotatable bonds is 7. The average Bonchev–Trinajstić information content (AvgIpc) is 2.28. The van der Waals surface area contributed by atoms with Gasteiger partial charge in [-0.3, -0.25) is 0 Å². The second-order valence-electron chi connectivity index (χ2n) is 4.71. The molecule has 6 heteroatoms. The Kier molecular flexibility index (Phi) is 6.11. The van der Waals surface area contributed by atoms with Crippen molar-refractivity contribution >= 4 is 10.2 Å². The maximum absolute atomic E-state index is 11.5. The molecule has 0 spiro atoms. The highest BCUT2D eigenvalue weighted by molar-refractivity contribution is 7.87. The molecule has 0 radical (unpaired) electrons. The molecule has 3 N–H and O–H groups in total. The number of hydrogen-bond acceptors (Lipinski definition) is 3. The third kappa shape index (κ3) is 6.78. The van der Waals surface area contributed by atoms with Gasteiger partial charge in [0.15, 0.2) is 0 Å². The van der Waals surface area contributed by atoms with Crippen molar-refractivity contribution in [3.8, 4) is 0 Å². The Morgan fingerprint density at radius 1 is 1.41 bits per heavy atom. The molecule has 1 rings (SSSR count). The molecule has 0 aromatic rings. The van der Waals surface area contributed by atoms with Gasteiger partial charge in [0.2, 0.25) is 0 Å². The van der Waals surface area contributed by atoms with E-state index in [1.807, 2.05) is 13.8 Å². The van der Waals surface area contributed by atoms with Crippen LogP contribution in [0.4, 0.5) is 0 Å². The summed E-state index contributed by atoms with van der Waals surface area (Å²) in [6.45, 7) is 6.78. The van der Waals surface area contributed by atoms with Gasteiger partial charge in [0.1, 0.15) is 0 Å². The smallest absolute Gasteiger partial charge is 0.276 e. The molecule has 5 nitrogen and oxygen atoms in total. The van der Waals surface area contributed by atoms with Crippen LogP contribution < -0.4 is 14.8 Å². The van der Waals surface area contributed by atoms with Crippen LogP contribution in [0.2, 0.25) is 0 Å². The Morgan fingerprint density at radius 2 is 2.18 bits per heavy atom. The van der Waals surface area contributed by atoms with Gasteiger partial charge in [0, 0.05) is 19.6 Å². The third-order valence-corrected chi connectivity index (χ3v) is 3.71. The van der Waals surface area contributed by atoms with Crippen molar-refractivity contribution in [2.45, 2.75) is 26.7 Å².